The Hall–Kier alpha value is -1.47. The summed E-state index contributed by atoms with van der Waals surface area (Å²) >= 11 is 1.97. The number of amidine groups is 1. The van der Waals surface area contributed by atoms with Crippen molar-refractivity contribution in [1.82, 2.24) is 4.90 Å². The largest absolute Gasteiger partial charge is 0.342 e. The lowest BCUT2D eigenvalue weighted by Gasteiger charge is -2.40. The summed E-state index contributed by atoms with van der Waals surface area (Å²) in [7, 11) is 0. The molecule has 3 aliphatic rings. The van der Waals surface area contributed by atoms with Gasteiger partial charge in [0.25, 0.3) is 0 Å². The number of thioether (sulfide) groups is 1. The molecule has 1 aromatic rings. The third-order valence-corrected chi connectivity index (χ3v) is 7.44. The van der Waals surface area contributed by atoms with Crippen LogP contribution in [0.3, 0.4) is 0 Å². The third-order valence-electron chi connectivity index (χ3n) is 6.22. The molecule has 1 heterocycles. The van der Waals surface area contributed by atoms with Gasteiger partial charge in [-0.1, -0.05) is 44.4 Å². The second kappa shape index (κ2) is 7.03. The van der Waals surface area contributed by atoms with Crippen LogP contribution in [-0.4, -0.2) is 27.4 Å². The van der Waals surface area contributed by atoms with Crippen LogP contribution in [0.25, 0.3) is 0 Å². The summed E-state index contributed by atoms with van der Waals surface area (Å²) in [5, 5.41) is 10.4. The Morgan fingerprint density at radius 2 is 2.00 bits per heavy atom. The Morgan fingerprint density at radius 3 is 2.68 bits per heavy atom. The molecule has 132 valence electrons. The quantitative estimate of drug-likeness (QED) is 0.729. The predicted molar refractivity (Wildman–Crippen MR) is 105 cm³/mol. The summed E-state index contributed by atoms with van der Waals surface area (Å²) in [6.07, 6.45) is 11.7. The van der Waals surface area contributed by atoms with E-state index in [0.717, 1.165) is 17.7 Å². The van der Waals surface area contributed by atoms with Gasteiger partial charge in [0.05, 0.1) is 22.9 Å². The summed E-state index contributed by atoms with van der Waals surface area (Å²) in [6, 6.07) is 8.89. The van der Waals surface area contributed by atoms with Crippen molar-refractivity contribution in [2.75, 3.05) is 5.75 Å². The maximum absolute atomic E-state index is 9.16. The first kappa shape index (κ1) is 17.0. The zero-order valence-corrected chi connectivity index (χ0v) is 15.9. The number of hydrogen-bond acceptors (Lipinski definition) is 3. The molecule has 1 aliphatic heterocycles. The average molecular weight is 354 g/mol. The van der Waals surface area contributed by atoms with Crippen molar-refractivity contribution in [1.29, 1.82) is 5.26 Å². The van der Waals surface area contributed by atoms with Gasteiger partial charge >= 0.3 is 0 Å². The van der Waals surface area contributed by atoms with E-state index in [1.165, 1.54) is 67.9 Å². The molecule has 4 rings (SSSR count). The average Bonchev–Trinajstić information content (AvgIpc) is 3.38. The van der Waals surface area contributed by atoms with Crippen molar-refractivity contribution >= 4 is 22.6 Å². The maximum Gasteiger partial charge on any atom is 0.165 e. The van der Waals surface area contributed by atoms with Crippen molar-refractivity contribution in [3.05, 3.63) is 29.3 Å². The number of nitriles is 1. The van der Waals surface area contributed by atoms with E-state index in [4.69, 9.17) is 10.3 Å². The maximum atomic E-state index is 9.16. The molecule has 1 saturated heterocycles. The standard InChI is InChI=1S/C21H27N3S/c1-2-17-13-16(14-22)9-10-19(17)23-20-24(18-7-3-4-8-18)21(15-25-20)11-5-6-12-21/h9-10,13,18H,2-8,11-12,15H2,1H3. The van der Waals surface area contributed by atoms with Crippen LogP contribution in [-0.2, 0) is 6.42 Å². The Balaban J connectivity index is 1.71. The van der Waals surface area contributed by atoms with Crippen LogP contribution in [0.1, 0.15) is 69.4 Å². The summed E-state index contributed by atoms with van der Waals surface area (Å²) < 4.78 is 0. The number of nitrogens with zero attached hydrogens (tertiary/aromatic N) is 3. The second-order valence-electron chi connectivity index (χ2n) is 7.73. The minimum atomic E-state index is 0.372. The van der Waals surface area contributed by atoms with E-state index in [1.807, 2.05) is 30.0 Å². The number of aliphatic imine (C=N–C) groups is 1. The highest BCUT2D eigenvalue weighted by atomic mass is 32.2. The van der Waals surface area contributed by atoms with E-state index < -0.39 is 0 Å². The van der Waals surface area contributed by atoms with Gasteiger partial charge in [-0.3, -0.25) is 0 Å². The lowest BCUT2D eigenvalue weighted by molar-refractivity contribution is 0.163. The predicted octanol–water partition coefficient (Wildman–Crippen LogP) is 5.41. The van der Waals surface area contributed by atoms with E-state index in [9.17, 15) is 0 Å². The Labute approximate surface area is 155 Å². The van der Waals surface area contributed by atoms with E-state index in [-0.39, 0.29) is 0 Å². The first-order valence-electron chi connectivity index (χ1n) is 9.79. The van der Waals surface area contributed by atoms with Crippen molar-refractivity contribution in [3.63, 3.8) is 0 Å². The summed E-state index contributed by atoms with van der Waals surface area (Å²) in [5.41, 5.74) is 3.35. The highest BCUT2D eigenvalue weighted by Gasteiger charge is 2.49. The molecule has 0 radical (unpaired) electrons. The molecule has 0 amide bonds. The highest BCUT2D eigenvalue weighted by molar-refractivity contribution is 8.14. The molecular weight excluding hydrogens is 326 g/mol. The molecule has 0 unspecified atom stereocenters. The fourth-order valence-electron chi connectivity index (χ4n) is 4.90. The fraction of sp³-hybridized carbons (Fsp3) is 0.619. The van der Waals surface area contributed by atoms with Crippen molar-refractivity contribution in [3.8, 4) is 6.07 Å². The molecule has 3 fully saturated rings. The first-order chi connectivity index (χ1) is 12.3. The monoisotopic (exact) mass is 353 g/mol. The molecule has 0 N–H and O–H groups in total. The molecule has 2 aliphatic carbocycles. The van der Waals surface area contributed by atoms with Gasteiger partial charge in [0.2, 0.25) is 0 Å². The van der Waals surface area contributed by atoms with Gasteiger partial charge in [0.1, 0.15) is 0 Å². The lowest BCUT2D eigenvalue weighted by atomic mass is 9.95. The first-order valence-corrected chi connectivity index (χ1v) is 10.8. The van der Waals surface area contributed by atoms with Gasteiger partial charge in [-0.05, 0) is 55.9 Å². The van der Waals surface area contributed by atoms with Gasteiger partial charge in [-0.25, -0.2) is 4.99 Å². The van der Waals surface area contributed by atoms with Gasteiger partial charge in [0, 0.05) is 11.8 Å². The van der Waals surface area contributed by atoms with E-state index in [0.29, 0.717) is 11.6 Å². The van der Waals surface area contributed by atoms with Crippen LogP contribution in [0.15, 0.2) is 23.2 Å². The molecule has 3 nitrogen and oxygen atoms in total. The van der Waals surface area contributed by atoms with Crippen LogP contribution in [0.2, 0.25) is 0 Å². The summed E-state index contributed by atoms with van der Waals surface area (Å²) in [5.74, 6) is 1.21. The summed E-state index contributed by atoms with van der Waals surface area (Å²) in [4.78, 5) is 7.89. The zero-order valence-electron chi connectivity index (χ0n) is 15.1. The molecule has 0 bridgehead atoms. The Kier molecular flexibility index (Phi) is 4.78. The highest BCUT2D eigenvalue weighted by Crippen LogP contribution is 2.48. The van der Waals surface area contributed by atoms with Crippen LogP contribution < -0.4 is 0 Å². The van der Waals surface area contributed by atoms with Gasteiger partial charge in [-0.15, -0.1) is 0 Å². The SMILES string of the molecule is CCc1cc(C#N)ccc1N=C1SCC2(CCCC2)N1C1CCCC1. The fourth-order valence-corrected chi connectivity index (χ4v) is 6.37. The second-order valence-corrected chi connectivity index (χ2v) is 8.67. The normalized spacial score (nSPS) is 24.5. The summed E-state index contributed by atoms with van der Waals surface area (Å²) in [6.45, 7) is 2.15. The van der Waals surface area contributed by atoms with Crippen LogP contribution in [0.5, 0.6) is 0 Å². The molecule has 2 saturated carbocycles. The minimum absolute atomic E-state index is 0.372. The molecule has 25 heavy (non-hydrogen) atoms. The Bertz CT molecular complexity index is 706. The van der Waals surface area contributed by atoms with Gasteiger partial charge in [-0.2, -0.15) is 5.26 Å². The number of aryl methyl sites for hydroxylation is 1. The number of hydrogen-bond donors (Lipinski definition) is 0. The third kappa shape index (κ3) is 3.08. The van der Waals surface area contributed by atoms with Crippen LogP contribution in [0.4, 0.5) is 5.69 Å². The van der Waals surface area contributed by atoms with Gasteiger partial charge in [0.15, 0.2) is 5.17 Å². The zero-order chi connectivity index (χ0) is 17.3. The molecule has 1 aromatic carbocycles. The van der Waals surface area contributed by atoms with E-state index in [2.05, 4.69) is 17.9 Å². The van der Waals surface area contributed by atoms with Crippen molar-refractivity contribution in [2.45, 2.75) is 76.3 Å². The molecular formula is C21H27N3S. The molecule has 4 heteroatoms. The van der Waals surface area contributed by atoms with Crippen LogP contribution >= 0.6 is 11.8 Å². The number of rotatable bonds is 3. The van der Waals surface area contributed by atoms with Crippen molar-refractivity contribution in [2.24, 2.45) is 4.99 Å². The van der Waals surface area contributed by atoms with E-state index in [1.54, 1.807) is 0 Å². The van der Waals surface area contributed by atoms with Gasteiger partial charge < -0.3 is 4.90 Å². The molecule has 1 spiro atoms. The van der Waals surface area contributed by atoms with Crippen molar-refractivity contribution < 1.29 is 0 Å². The topological polar surface area (TPSA) is 39.4 Å². The molecule has 0 atom stereocenters. The Morgan fingerprint density at radius 1 is 1.24 bits per heavy atom. The lowest BCUT2D eigenvalue weighted by Crippen LogP contribution is -2.50. The smallest absolute Gasteiger partial charge is 0.165 e. The molecule has 0 aromatic heterocycles. The van der Waals surface area contributed by atoms with E-state index >= 15 is 0 Å². The minimum Gasteiger partial charge on any atom is -0.342 e. The number of benzene rings is 1. The van der Waals surface area contributed by atoms with Crippen LogP contribution in [0, 0.1) is 11.3 Å².